The van der Waals surface area contributed by atoms with Crippen molar-refractivity contribution in [3.8, 4) is 5.88 Å². The average Bonchev–Trinajstić information content (AvgIpc) is 2.89. The first-order valence-corrected chi connectivity index (χ1v) is 8.89. The van der Waals surface area contributed by atoms with Crippen molar-refractivity contribution in [2.24, 2.45) is 0 Å². The van der Waals surface area contributed by atoms with Crippen LogP contribution in [0.15, 0.2) is 18.3 Å². The summed E-state index contributed by atoms with van der Waals surface area (Å²) in [6, 6.07) is 3.72. The van der Waals surface area contributed by atoms with Gasteiger partial charge >= 0.3 is 0 Å². The molecule has 2 rings (SSSR count). The third-order valence-corrected chi connectivity index (χ3v) is 4.85. The second kappa shape index (κ2) is 6.62. The van der Waals surface area contributed by atoms with E-state index in [-0.39, 0.29) is 18.6 Å². The lowest BCUT2D eigenvalue weighted by Crippen LogP contribution is -2.40. The highest BCUT2D eigenvalue weighted by Crippen LogP contribution is 2.17. The smallest absolute Gasteiger partial charge is 0.238 e. The highest BCUT2D eigenvalue weighted by molar-refractivity contribution is 7.88. The Labute approximate surface area is 130 Å². The van der Waals surface area contributed by atoms with Crippen LogP contribution in [0, 0.1) is 6.92 Å². The van der Waals surface area contributed by atoms with Crippen LogP contribution in [0.5, 0.6) is 5.88 Å². The summed E-state index contributed by atoms with van der Waals surface area (Å²) in [5.74, 6) is 0.328. The Balaban J connectivity index is 1.87. The zero-order chi connectivity index (χ0) is 16.3. The number of hydrogen-bond donors (Lipinski definition) is 0. The first kappa shape index (κ1) is 16.7. The predicted molar refractivity (Wildman–Crippen MR) is 82.1 cm³/mol. The molecule has 8 heteroatoms. The molecule has 0 aliphatic carbocycles. The standard InChI is InChI=1S/C14H21N3O4S/c1-11-4-5-13(15-8-11)21-12-6-7-17(9-12)14(18)10-16(2)22(3,19)20/h4-5,8,12H,6-7,9-10H2,1-3H3. The van der Waals surface area contributed by atoms with Gasteiger partial charge in [0.25, 0.3) is 0 Å². The van der Waals surface area contributed by atoms with Crippen LogP contribution in [0.3, 0.4) is 0 Å². The third-order valence-electron chi connectivity index (χ3n) is 3.59. The summed E-state index contributed by atoms with van der Waals surface area (Å²) in [6.07, 6.45) is 3.42. The highest BCUT2D eigenvalue weighted by atomic mass is 32.2. The van der Waals surface area contributed by atoms with E-state index in [4.69, 9.17) is 4.74 Å². The Bertz CT molecular complexity index is 630. The van der Waals surface area contributed by atoms with E-state index < -0.39 is 10.0 Å². The van der Waals surface area contributed by atoms with E-state index in [0.717, 1.165) is 16.1 Å². The zero-order valence-electron chi connectivity index (χ0n) is 13.0. The SMILES string of the molecule is Cc1ccc(OC2CCN(C(=O)CN(C)S(C)(=O)=O)C2)nc1. The van der Waals surface area contributed by atoms with Crippen molar-refractivity contribution in [3.63, 3.8) is 0 Å². The predicted octanol–water partition coefficient (Wildman–Crippen LogP) is 0.261. The molecule has 1 saturated heterocycles. The number of aromatic nitrogens is 1. The Morgan fingerprint density at radius 2 is 2.23 bits per heavy atom. The van der Waals surface area contributed by atoms with Crippen molar-refractivity contribution in [3.05, 3.63) is 23.9 Å². The Hall–Kier alpha value is -1.67. The summed E-state index contributed by atoms with van der Waals surface area (Å²) in [5, 5.41) is 0. The molecule has 1 unspecified atom stereocenters. The number of aryl methyl sites for hydroxylation is 1. The first-order chi connectivity index (χ1) is 10.3. The van der Waals surface area contributed by atoms with Gasteiger partial charge in [0.2, 0.25) is 21.8 Å². The van der Waals surface area contributed by atoms with E-state index in [1.54, 1.807) is 17.2 Å². The molecule has 1 aromatic rings. The maximum absolute atomic E-state index is 12.1. The quantitative estimate of drug-likeness (QED) is 0.775. The number of rotatable bonds is 5. The number of likely N-dealkylation sites (N-methyl/N-ethyl adjacent to an activating group) is 1. The van der Waals surface area contributed by atoms with Gasteiger partial charge in [0.15, 0.2) is 0 Å². The number of nitrogens with zero attached hydrogens (tertiary/aromatic N) is 3. The third kappa shape index (κ3) is 4.41. The fourth-order valence-corrected chi connectivity index (χ4v) is 2.50. The fourth-order valence-electron chi connectivity index (χ4n) is 2.15. The molecule has 0 radical (unpaired) electrons. The minimum absolute atomic E-state index is 0.109. The average molecular weight is 327 g/mol. The van der Waals surface area contributed by atoms with Crippen LogP contribution < -0.4 is 4.74 Å². The first-order valence-electron chi connectivity index (χ1n) is 7.04. The van der Waals surface area contributed by atoms with Gasteiger partial charge in [0.1, 0.15) is 6.10 Å². The number of hydrogen-bond acceptors (Lipinski definition) is 5. The molecule has 2 heterocycles. The molecular weight excluding hydrogens is 306 g/mol. The van der Waals surface area contributed by atoms with Crippen molar-refractivity contribution in [1.29, 1.82) is 0 Å². The minimum Gasteiger partial charge on any atom is -0.472 e. The summed E-state index contributed by atoms with van der Waals surface area (Å²) < 4.78 is 29.5. The van der Waals surface area contributed by atoms with E-state index in [1.165, 1.54) is 7.05 Å². The van der Waals surface area contributed by atoms with E-state index in [2.05, 4.69) is 4.98 Å². The van der Waals surface area contributed by atoms with Gasteiger partial charge in [-0.25, -0.2) is 13.4 Å². The number of carbonyl (C=O) groups excluding carboxylic acids is 1. The molecule has 0 saturated carbocycles. The molecule has 0 aromatic carbocycles. The molecule has 22 heavy (non-hydrogen) atoms. The zero-order valence-corrected chi connectivity index (χ0v) is 13.8. The van der Waals surface area contributed by atoms with Crippen molar-refractivity contribution >= 4 is 15.9 Å². The Kier molecular flexibility index (Phi) is 5.02. The van der Waals surface area contributed by atoms with Crippen LogP contribution in [-0.4, -0.2) is 67.6 Å². The summed E-state index contributed by atoms with van der Waals surface area (Å²) >= 11 is 0. The number of pyridine rings is 1. The molecule has 122 valence electrons. The normalized spacial score (nSPS) is 18.7. The largest absolute Gasteiger partial charge is 0.472 e. The van der Waals surface area contributed by atoms with Crippen molar-refractivity contribution in [1.82, 2.24) is 14.2 Å². The minimum atomic E-state index is -3.35. The van der Waals surface area contributed by atoms with Crippen LogP contribution >= 0.6 is 0 Å². The summed E-state index contributed by atoms with van der Waals surface area (Å²) in [7, 11) is -1.95. The molecule has 0 N–H and O–H groups in total. The molecule has 1 fully saturated rings. The lowest BCUT2D eigenvalue weighted by Gasteiger charge is -2.20. The van der Waals surface area contributed by atoms with Gasteiger partial charge in [-0.1, -0.05) is 6.07 Å². The summed E-state index contributed by atoms with van der Waals surface area (Å²) in [4.78, 5) is 17.9. The highest BCUT2D eigenvalue weighted by Gasteiger charge is 2.29. The van der Waals surface area contributed by atoms with Gasteiger partial charge in [-0.15, -0.1) is 0 Å². The lowest BCUT2D eigenvalue weighted by atomic mass is 10.3. The van der Waals surface area contributed by atoms with Gasteiger partial charge in [-0.05, 0) is 12.5 Å². The van der Waals surface area contributed by atoms with Crippen molar-refractivity contribution < 1.29 is 17.9 Å². The lowest BCUT2D eigenvalue weighted by molar-refractivity contribution is -0.130. The van der Waals surface area contributed by atoms with E-state index >= 15 is 0 Å². The summed E-state index contributed by atoms with van der Waals surface area (Å²) in [6.45, 7) is 2.82. The molecule has 0 bridgehead atoms. The Morgan fingerprint density at radius 1 is 1.50 bits per heavy atom. The maximum atomic E-state index is 12.1. The van der Waals surface area contributed by atoms with Crippen LogP contribution in [0.25, 0.3) is 0 Å². The van der Waals surface area contributed by atoms with Crippen LogP contribution in [-0.2, 0) is 14.8 Å². The monoisotopic (exact) mass is 327 g/mol. The number of sulfonamides is 1. The number of amides is 1. The number of ether oxygens (including phenoxy) is 1. The number of likely N-dealkylation sites (tertiary alicyclic amines) is 1. The molecule has 7 nitrogen and oxygen atoms in total. The summed E-state index contributed by atoms with van der Waals surface area (Å²) in [5.41, 5.74) is 1.05. The molecule has 0 spiro atoms. The molecular formula is C14H21N3O4S. The van der Waals surface area contributed by atoms with Gasteiger partial charge in [-0.3, -0.25) is 4.79 Å². The van der Waals surface area contributed by atoms with Crippen LogP contribution in [0.2, 0.25) is 0 Å². The van der Waals surface area contributed by atoms with Gasteiger partial charge in [0.05, 0.1) is 19.3 Å². The van der Waals surface area contributed by atoms with Crippen molar-refractivity contribution in [2.75, 3.05) is 32.9 Å². The number of carbonyl (C=O) groups is 1. The Morgan fingerprint density at radius 3 is 2.82 bits per heavy atom. The second-order valence-electron chi connectivity index (χ2n) is 5.56. The van der Waals surface area contributed by atoms with Crippen molar-refractivity contribution in [2.45, 2.75) is 19.4 Å². The maximum Gasteiger partial charge on any atom is 0.238 e. The van der Waals surface area contributed by atoms with Gasteiger partial charge in [-0.2, -0.15) is 4.31 Å². The molecule has 1 aliphatic rings. The van der Waals surface area contributed by atoms with E-state index in [9.17, 15) is 13.2 Å². The second-order valence-corrected chi connectivity index (χ2v) is 7.65. The van der Waals surface area contributed by atoms with Crippen LogP contribution in [0.1, 0.15) is 12.0 Å². The van der Waals surface area contributed by atoms with E-state index in [0.29, 0.717) is 25.4 Å². The van der Waals surface area contributed by atoms with Gasteiger partial charge in [0, 0.05) is 32.3 Å². The molecule has 1 amide bonds. The molecule has 1 aromatic heterocycles. The molecule has 1 atom stereocenters. The fraction of sp³-hybridized carbons (Fsp3) is 0.571. The van der Waals surface area contributed by atoms with E-state index in [1.807, 2.05) is 13.0 Å². The topological polar surface area (TPSA) is 79.8 Å². The van der Waals surface area contributed by atoms with Gasteiger partial charge < -0.3 is 9.64 Å². The molecule has 1 aliphatic heterocycles. The van der Waals surface area contributed by atoms with Crippen LogP contribution in [0.4, 0.5) is 0 Å².